The number of anilines is 1. The van der Waals surface area contributed by atoms with Gasteiger partial charge in [0.05, 0.1) is 34.7 Å². The minimum absolute atomic E-state index is 0.106. The Hall–Kier alpha value is -8.40. The summed E-state index contributed by atoms with van der Waals surface area (Å²) in [6, 6.07) is 11.6. The van der Waals surface area contributed by atoms with E-state index in [0.29, 0.717) is 107 Å². The molecule has 0 saturated heterocycles. The molecular weight excluding hydrogens is 913 g/mol. The lowest BCUT2D eigenvalue weighted by Gasteiger charge is -2.13. The molecule has 370 valence electrons. The number of nitrogens with one attached hydrogen (secondary N) is 1. The second-order valence-corrected chi connectivity index (χ2v) is 16.6. The van der Waals surface area contributed by atoms with Crippen LogP contribution in [-0.2, 0) is 42.2 Å². The summed E-state index contributed by atoms with van der Waals surface area (Å²) >= 11 is 0. The largest absolute Gasteiger partial charge is 0.491 e. The molecule has 3 amide bonds. The molecule has 22 nitrogen and oxygen atoms in total. The molecule has 2 aromatic carbocycles. The number of hydrogen-bond donors (Lipinski definition) is 3. The van der Waals surface area contributed by atoms with Gasteiger partial charge in [-0.3, -0.25) is 33.7 Å². The lowest BCUT2D eigenvalue weighted by molar-refractivity contribution is 0.0437. The van der Waals surface area contributed by atoms with E-state index < -0.39 is 23.7 Å². The molecule has 0 aliphatic rings. The van der Waals surface area contributed by atoms with E-state index in [1.54, 1.807) is 65.4 Å². The molecule has 8 aromatic rings. The molecule has 0 spiro atoms. The molecule has 5 N–H and O–H groups in total. The maximum atomic E-state index is 14.0. The number of esters is 1. The number of nitrogens with two attached hydrogens (primary N) is 2. The van der Waals surface area contributed by atoms with Crippen molar-refractivity contribution in [3.63, 3.8) is 0 Å². The minimum atomic E-state index is -0.730. The van der Waals surface area contributed by atoms with Crippen LogP contribution in [0, 0.1) is 20.8 Å². The molecule has 6 aromatic heterocycles. The number of aromatic nitrogens is 11. The number of fused-ring (bicyclic) bond motifs is 4. The fourth-order valence-electron chi connectivity index (χ4n) is 8.43. The summed E-state index contributed by atoms with van der Waals surface area (Å²) in [4.78, 5) is 67.1. The lowest BCUT2D eigenvalue weighted by atomic mass is 10.1. The van der Waals surface area contributed by atoms with Crippen molar-refractivity contribution in [2.45, 2.75) is 80.7 Å². The molecule has 6 heterocycles. The number of rotatable bonds is 22. The highest BCUT2D eigenvalue weighted by molar-refractivity contribution is 6.12. The molecular formula is C49H56N14O8. The van der Waals surface area contributed by atoms with Gasteiger partial charge in [-0.05, 0) is 84.0 Å². The van der Waals surface area contributed by atoms with Gasteiger partial charge < -0.3 is 39.5 Å². The van der Waals surface area contributed by atoms with Crippen LogP contribution in [-0.4, -0.2) is 111 Å². The standard InChI is InChI=1S/C49H56N14O8/c1-8-61-36(20-28(4)56-61)45-52-27-34-33-23-31(43(50)64)25-39(69-17-13-16-68-7)41(33)59(46(34)54-45)14-11-12-15-60-42-35(53-49(60)55-47(66)37-21-29(5)57-62(37)9-2)24-32(44(51)65)26-40(42)70-18-19-71-48(67)38-22-30(6)58-63(38)10-3/h11-12,20-27H,8-10,13-19H2,1-7H3,(H2,50,64)(H2,51,65)(H,53,55,66)/b12-11+. The van der Waals surface area contributed by atoms with Gasteiger partial charge in [0, 0.05) is 81.0 Å². The highest BCUT2D eigenvalue weighted by Gasteiger charge is 2.24. The Bertz CT molecular complexity index is 3360. The van der Waals surface area contributed by atoms with Crippen molar-refractivity contribution in [2.75, 3.05) is 38.9 Å². The van der Waals surface area contributed by atoms with Crippen LogP contribution in [0.1, 0.15) is 86.0 Å². The molecule has 71 heavy (non-hydrogen) atoms. The van der Waals surface area contributed by atoms with Crippen molar-refractivity contribution >= 4 is 62.6 Å². The number of allylic oxidation sites excluding steroid dienone is 2. The van der Waals surface area contributed by atoms with E-state index in [1.807, 2.05) is 55.2 Å². The number of methoxy groups -OCH3 is 1. The van der Waals surface area contributed by atoms with Crippen LogP contribution in [0.25, 0.3) is 44.5 Å². The normalized spacial score (nSPS) is 11.6. The molecule has 0 fully saturated rings. The monoisotopic (exact) mass is 968 g/mol. The number of hydrogen-bond acceptors (Lipinski definition) is 14. The van der Waals surface area contributed by atoms with E-state index in [0.717, 1.165) is 11.4 Å². The zero-order valence-corrected chi connectivity index (χ0v) is 40.7. The van der Waals surface area contributed by atoms with E-state index >= 15 is 0 Å². The Morgan fingerprint density at radius 3 is 1.94 bits per heavy atom. The average Bonchev–Trinajstić information content (AvgIpc) is 4.18. The van der Waals surface area contributed by atoms with Crippen molar-refractivity contribution in [3.8, 4) is 23.0 Å². The van der Waals surface area contributed by atoms with Crippen molar-refractivity contribution in [3.05, 3.63) is 100 Å². The zero-order chi connectivity index (χ0) is 50.5. The first-order valence-electron chi connectivity index (χ1n) is 23.2. The van der Waals surface area contributed by atoms with E-state index in [1.165, 1.54) is 12.1 Å². The molecule has 0 aliphatic carbocycles. The second-order valence-electron chi connectivity index (χ2n) is 16.6. The Labute approximate surface area is 407 Å². The van der Waals surface area contributed by atoms with Gasteiger partial charge >= 0.3 is 5.97 Å². The first-order valence-corrected chi connectivity index (χ1v) is 23.2. The fourth-order valence-corrected chi connectivity index (χ4v) is 8.43. The van der Waals surface area contributed by atoms with E-state index in [-0.39, 0.29) is 49.1 Å². The van der Waals surface area contributed by atoms with Crippen molar-refractivity contribution in [1.29, 1.82) is 0 Å². The number of aryl methyl sites for hydroxylation is 6. The Kier molecular flexibility index (Phi) is 14.6. The first kappa shape index (κ1) is 49.0. The first-order chi connectivity index (χ1) is 34.2. The summed E-state index contributed by atoms with van der Waals surface area (Å²) < 4.78 is 32.1. The molecule has 22 heteroatoms. The van der Waals surface area contributed by atoms with Gasteiger partial charge in [-0.2, -0.15) is 15.3 Å². The second kappa shape index (κ2) is 21.1. The number of nitrogens with zero attached hydrogens (tertiary/aromatic N) is 11. The summed E-state index contributed by atoms with van der Waals surface area (Å²) in [5, 5.41) is 17.7. The summed E-state index contributed by atoms with van der Waals surface area (Å²) in [7, 11) is 1.61. The third-order valence-electron chi connectivity index (χ3n) is 11.6. The average molecular weight is 969 g/mol. The van der Waals surface area contributed by atoms with Gasteiger partial charge in [0.15, 0.2) is 5.82 Å². The summed E-state index contributed by atoms with van der Waals surface area (Å²) in [6.45, 7) is 13.6. The SMILES string of the molecule is CCn1nc(C)cc1C(=O)Nc1nc2cc(C(N)=O)cc(OCCOC(=O)c3cc(C)nn3CC)c2n1C/C=C/Cn1c2nc(-c3cc(C)nn3CC)ncc2c2cc(C(N)=O)cc(OCCCOC)c21. The number of carbonyl (C=O) groups is 4. The smallest absolute Gasteiger partial charge is 0.356 e. The third-order valence-corrected chi connectivity index (χ3v) is 11.6. The van der Waals surface area contributed by atoms with Gasteiger partial charge in [0.2, 0.25) is 17.8 Å². The molecule has 0 bridgehead atoms. The summed E-state index contributed by atoms with van der Waals surface area (Å²) in [6.07, 6.45) is 6.12. The van der Waals surface area contributed by atoms with Crippen molar-refractivity contribution in [2.24, 2.45) is 11.5 Å². The highest BCUT2D eigenvalue weighted by Crippen LogP contribution is 2.37. The summed E-state index contributed by atoms with van der Waals surface area (Å²) in [5.74, 6) is -1.17. The topological polar surface area (TPSA) is 271 Å². The Morgan fingerprint density at radius 2 is 1.27 bits per heavy atom. The number of imidazole rings is 1. The minimum Gasteiger partial charge on any atom is -0.491 e. The van der Waals surface area contributed by atoms with Crippen LogP contribution < -0.4 is 26.3 Å². The predicted octanol–water partition coefficient (Wildman–Crippen LogP) is 5.53. The van der Waals surface area contributed by atoms with Crippen LogP contribution in [0.5, 0.6) is 11.5 Å². The molecule has 0 saturated carbocycles. The Balaban J connectivity index is 1.20. The number of amides is 3. The van der Waals surface area contributed by atoms with E-state index in [2.05, 4.69) is 20.6 Å². The number of ether oxygens (including phenoxy) is 4. The van der Waals surface area contributed by atoms with Gasteiger partial charge in [0.25, 0.3) is 5.91 Å². The maximum absolute atomic E-state index is 14.0. The van der Waals surface area contributed by atoms with Gasteiger partial charge in [-0.1, -0.05) is 12.2 Å². The quantitative estimate of drug-likeness (QED) is 0.0428. The van der Waals surface area contributed by atoms with Gasteiger partial charge in [-0.25, -0.2) is 19.7 Å². The van der Waals surface area contributed by atoms with Crippen LogP contribution in [0.15, 0.2) is 60.8 Å². The predicted molar refractivity (Wildman–Crippen MR) is 264 cm³/mol. The van der Waals surface area contributed by atoms with Gasteiger partial charge in [-0.15, -0.1) is 0 Å². The third kappa shape index (κ3) is 10.2. The van der Waals surface area contributed by atoms with E-state index in [4.69, 9.17) is 45.4 Å². The zero-order valence-electron chi connectivity index (χ0n) is 40.7. The number of primary amides is 2. The van der Waals surface area contributed by atoms with Crippen LogP contribution >= 0.6 is 0 Å². The maximum Gasteiger partial charge on any atom is 0.356 e. The molecule has 0 atom stereocenters. The van der Waals surface area contributed by atoms with Crippen LogP contribution in [0.2, 0.25) is 0 Å². The summed E-state index contributed by atoms with van der Waals surface area (Å²) in [5.41, 5.74) is 17.5. The van der Waals surface area contributed by atoms with E-state index in [9.17, 15) is 19.2 Å². The van der Waals surface area contributed by atoms with Crippen LogP contribution in [0.3, 0.4) is 0 Å². The molecule has 8 rings (SSSR count). The highest BCUT2D eigenvalue weighted by atomic mass is 16.6. The molecule has 0 radical (unpaired) electrons. The van der Waals surface area contributed by atoms with Gasteiger partial charge in [0.1, 0.15) is 53.0 Å². The molecule has 0 unspecified atom stereocenters. The number of benzene rings is 2. The lowest BCUT2D eigenvalue weighted by Crippen LogP contribution is -2.20. The molecule has 0 aliphatic heterocycles. The van der Waals surface area contributed by atoms with Crippen molar-refractivity contribution < 1.29 is 38.1 Å². The number of carbonyl (C=O) groups excluding carboxylic acids is 4. The Morgan fingerprint density at radius 1 is 0.662 bits per heavy atom. The fraction of sp³-hybridized carbons (Fsp3) is 0.347. The van der Waals surface area contributed by atoms with Crippen molar-refractivity contribution in [1.82, 2.24) is 53.4 Å². The van der Waals surface area contributed by atoms with Crippen LogP contribution in [0.4, 0.5) is 5.95 Å².